The van der Waals surface area contributed by atoms with E-state index < -0.39 is 20.0 Å². The van der Waals surface area contributed by atoms with E-state index in [4.69, 9.17) is 10.00 Å². The van der Waals surface area contributed by atoms with Crippen molar-refractivity contribution in [3.63, 3.8) is 0 Å². The third-order valence-electron chi connectivity index (χ3n) is 0.491. The van der Waals surface area contributed by atoms with Crippen LogP contribution in [0.25, 0.3) is 0 Å². The molecule has 0 rings (SSSR count). The SMILES string of the molecule is NCOP(=O)(O)C(=O)O. The van der Waals surface area contributed by atoms with Crippen LogP contribution < -0.4 is 5.73 Å². The topological polar surface area (TPSA) is 110 Å². The van der Waals surface area contributed by atoms with Crippen LogP contribution in [0, 0.1) is 0 Å². The standard InChI is InChI=1S/C2H6NO5P/c3-1-8-9(6,7)2(4)5/h1,3H2,(H,4,5)(H,6,7). The van der Waals surface area contributed by atoms with Crippen LogP contribution in [0.15, 0.2) is 0 Å². The Bertz CT molecular complexity index is 155. The first-order chi connectivity index (χ1) is 4.00. The van der Waals surface area contributed by atoms with Crippen molar-refractivity contribution in [2.45, 2.75) is 0 Å². The Morgan fingerprint density at radius 1 is 1.78 bits per heavy atom. The van der Waals surface area contributed by atoms with Gasteiger partial charge >= 0.3 is 13.3 Å². The second kappa shape index (κ2) is 2.93. The molecule has 0 aliphatic heterocycles. The average Bonchev–Trinajstić information content (AvgIpc) is 1.65. The largest absolute Gasteiger partial charge is 0.472 e. The second-order valence-electron chi connectivity index (χ2n) is 1.10. The highest BCUT2D eigenvalue weighted by atomic mass is 31.2. The quantitative estimate of drug-likeness (QED) is 0.384. The molecule has 0 aromatic heterocycles. The van der Waals surface area contributed by atoms with Gasteiger partial charge in [-0.1, -0.05) is 0 Å². The fourth-order valence-electron chi connectivity index (χ4n) is 0.156. The molecule has 1 atom stereocenters. The highest BCUT2D eigenvalue weighted by Gasteiger charge is 2.29. The first-order valence-corrected chi connectivity index (χ1v) is 3.49. The summed E-state index contributed by atoms with van der Waals surface area (Å²) < 4.78 is 13.9. The van der Waals surface area contributed by atoms with E-state index in [9.17, 15) is 9.36 Å². The summed E-state index contributed by atoms with van der Waals surface area (Å²) in [4.78, 5) is 18.0. The van der Waals surface area contributed by atoms with Gasteiger partial charge in [-0.25, -0.2) is 9.36 Å². The van der Waals surface area contributed by atoms with Crippen LogP contribution in [0.3, 0.4) is 0 Å². The third kappa shape index (κ3) is 2.57. The summed E-state index contributed by atoms with van der Waals surface area (Å²) in [6.07, 6.45) is 0. The lowest BCUT2D eigenvalue weighted by atomic mass is 11.4. The average molecular weight is 155 g/mol. The van der Waals surface area contributed by atoms with Gasteiger partial charge in [-0.2, -0.15) is 0 Å². The van der Waals surface area contributed by atoms with Gasteiger partial charge in [0.15, 0.2) is 0 Å². The van der Waals surface area contributed by atoms with E-state index >= 15 is 0 Å². The van der Waals surface area contributed by atoms with Gasteiger partial charge < -0.3 is 15.7 Å². The molecule has 54 valence electrons. The van der Waals surface area contributed by atoms with Crippen molar-refractivity contribution in [1.82, 2.24) is 0 Å². The summed E-state index contributed by atoms with van der Waals surface area (Å²) in [5.74, 6) is 0. The predicted molar refractivity (Wildman–Crippen MR) is 28.0 cm³/mol. The second-order valence-corrected chi connectivity index (χ2v) is 2.78. The molecule has 1 unspecified atom stereocenters. The van der Waals surface area contributed by atoms with Crippen LogP contribution in [0.5, 0.6) is 0 Å². The first-order valence-electron chi connectivity index (χ1n) is 1.91. The zero-order valence-corrected chi connectivity index (χ0v) is 5.25. The smallest absolute Gasteiger partial charge is 0.436 e. The highest BCUT2D eigenvalue weighted by molar-refractivity contribution is 7.70. The lowest BCUT2D eigenvalue weighted by Crippen LogP contribution is -2.06. The summed E-state index contributed by atoms with van der Waals surface area (Å²) in [6, 6.07) is 0. The Morgan fingerprint density at radius 2 is 2.22 bits per heavy atom. The molecule has 0 aromatic carbocycles. The molecule has 0 saturated heterocycles. The van der Waals surface area contributed by atoms with Gasteiger partial charge in [0, 0.05) is 0 Å². The van der Waals surface area contributed by atoms with E-state index in [1.807, 2.05) is 0 Å². The molecule has 0 spiro atoms. The van der Waals surface area contributed by atoms with Gasteiger partial charge in [-0.15, -0.1) is 0 Å². The maximum absolute atomic E-state index is 10.2. The number of rotatable bonds is 3. The van der Waals surface area contributed by atoms with Crippen molar-refractivity contribution in [1.29, 1.82) is 0 Å². The zero-order chi connectivity index (χ0) is 7.49. The molecule has 0 radical (unpaired) electrons. The van der Waals surface area contributed by atoms with Gasteiger partial charge in [0.05, 0.1) is 0 Å². The Balaban J connectivity index is 4.04. The number of nitrogens with two attached hydrogens (primary N) is 1. The van der Waals surface area contributed by atoms with Crippen LogP contribution >= 0.6 is 7.60 Å². The van der Waals surface area contributed by atoms with E-state index in [-0.39, 0.29) is 0 Å². The van der Waals surface area contributed by atoms with Crippen molar-refractivity contribution in [3.8, 4) is 0 Å². The van der Waals surface area contributed by atoms with E-state index in [2.05, 4.69) is 10.3 Å². The van der Waals surface area contributed by atoms with Gasteiger partial charge in [-0.05, 0) is 0 Å². The Hall–Kier alpha value is -0.420. The van der Waals surface area contributed by atoms with Crippen LogP contribution in [0.1, 0.15) is 0 Å². The fraction of sp³-hybridized carbons (Fsp3) is 0.500. The number of carbonyl (C=O) groups is 1. The third-order valence-corrected chi connectivity index (χ3v) is 1.47. The summed E-state index contributed by atoms with van der Waals surface area (Å²) in [6.45, 7) is -0.583. The van der Waals surface area contributed by atoms with E-state index in [1.54, 1.807) is 0 Å². The molecular formula is C2H6NO5P. The molecule has 0 heterocycles. The fourth-order valence-corrected chi connectivity index (χ4v) is 0.469. The zero-order valence-electron chi connectivity index (χ0n) is 4.35. The molecule has 0 amide bonds. The van der Waals surface area contributed by atoms with Crippen molar-refractivity contribution >= 4 is 13.3 Å². The minimum absolute atomic E-state index is 0.583. The van der Waals surface area contributed by atoms with Crippen LogP contribution in [0.4, 0.5) is 4.79 Å². The molecular weight excluding hydrogens is 149 g/mol. The van der Waals surface area contributed by atoms with Gasteiger partial charge in [0.1, 0.15) is 6.73 Å². The highest BCUT2D eigenvalue weighted by Crippen LogP contribution is 2.41. The number of hydrogen-bond acceptors (Lipinski definition) is 4. The van der Waals surface area contributed by atoms with Gasteiger partial charge in [-0.3, -0.25) is 4.52 Å². The normalized spacial score (nSPS) is 16.7. The molecule has 6 nitrogen and oxygen atoms in total. The molecule has 0 fully saturated rings. The van der Waals surface area contributed by atoms with Crippen molar-refractivity contribution in [2.24, 2.45) is 5.73 Å². The summed E-state index contributed by atoms with van der Waals surface area (Å²) in [5, 5.41) is 7.88. The molecule has 0 bridgehead atoms. The lowest BCUT2D eigenvalue weighted by molar-refractivity contribution is 0.197. The molecule has 7 heteroatoms. The van der Waals surface area contributed by atoms with E-state index in [0.29, 0.717) is 0 Å². The molecule has 0 aliphatic rings. The van der Waals surface area contributed by atoms with E-state index in [1.165, 1.54) is 0 Å². The Kier molecular flexibility index (Phi) is 2.80. The molecule has 4 N–H and O–H groups in total. The summed E-state index contributed by atoms with van der Waals surface area (Å²) in [7, 11) is -4.47. The lowest BCUT2D eigenvalue weighted by Gasteiger charge is -2.02. The summed E-state index contributed by atoms with van der Waals surface area (Å²) >= 11 is 0. The van der Waals surface area contributed by atoms with Crippen molar-refractivity contribution in [3.05, 3.63) is 0 Å². The molecule has 9 heavy (non-hydrogen) atoms. The molecule has 0 aromatic rings. The molecule has 0 saturated carbocycles. The summed E-state index contributed by atoms with van der Waals surface area (Å²) in [5.41, 5.74) is 2.74. The van der Waals surface area contributed by atoms with Gasteiger partial charge in [0.25, 0.3) is 0 Å². The number of carboxylic acid groups (broad SMARTS) is 1. The van der Waals surface area contributed by atoms with Gasteiger partial charge in [0.2, 0.25) is 0 Å². The van der Waals surface area contributed by atoms with Crippen LogP contribution in [-0.2, 0) is 9.09 Å². The minimum atomic E-state index is -4.47. The maximum atomic E-state index is 10.2. The van der Waals surface area contributed by atoms with Crippen molar-refractivity contribution < 1.29 is 23.9 Å². The predicted octanol–water partition coefficient (Wildman–Crippen LogP) is -0.217. The number of hydrogen-bond donors (Lipinski definition) is 3. The maximum Gasteiger partial charge on any atom is 0.436 e. The monoisotopic (exact) mass is 155 g/mol. The molecule has 0 aliphatic carbocycles. The van der Waals surface area contributed by atoms with Crippen LogP contribution in [-0.4, -0.2) is 22.4 Å². The Labute approximate surface area is 50.8 Å². The van der Waals surface area contributed by atoms with Crippen molar-refractivity contribution in [2.75, 3.05) is 6.73 Å². The minimum Gasteiger partial charge on any atom is -0.472 e. The first kappa shape index (κ1) is 8.58. The van der Waals surface area contributed by atoms with Crippen LogP contribution in [0.2, 0.25) is 0 Å². The Morgan fingerprint density at radius 3 is 2.33 bits per heavy atom. The van der Waals surface area contributed by atoms with E-state index in [0.717, 1.165) is 0 Å².